The maximum atomic E-state index is 11.5. The molecule has 0 aromatic heterocycles. The molecule has 0 saturated heterocycles. The van der Waals surface area contributed by atoms with E-state index in [1.807, 2.05) is 38.1 Å². The highest BCUT2D eigenvalue weighted by atomic mass is 35.5. The molecule has 0 aliphatic carbocycles. The Labute approximate surface area is 129 Å². The summed E-state index contributed by atoms with van der Waals surface area (Å²) in [5.41, 5.74) is 0.982. The summed E-state index contributed by atoms with van der Waals surface area (Å²) in [5.74, 6) is -0.934. The number of carbonyl (C=O) groups is 2. The average Bonchev–Trinajstić information content (AvgIpc) is 2.35. The summed E-state index contributed by atoms with van der Waals surface area (Å²) in [6.07, 6.45) is 0.697. The fourth-order valence-electron chi connectivity index (χ4n) is 1.93. The maximum Gasteiger partial charge on any atom is 0.314 e. The van der Waals surface area contributed by atoms with E-state index >= 15 is 0 Å². The smallest absolute Gasteiger partial charge is 0.314 e. The van der Waals surface area contributed by atoms with Crippen LogP contribution in [-0.4, -0.2) is 30.2 Å². The third-order valence-corrected chi connectivity index (χ3v) is 3.16. The molecule has 1 aromatic carbocycles. The Morgan fingerprint density at radius 3 is 2.62 bits per heavy atom. The minimum atomic E-state index is -0.934. The van der Waals surface area contributed by atoms with Gasteiger partial charge in [-0.25, -0.2) is 4.79 Å². The monoisotopic (exact) mass is 312 g/mol. The molecule has 2 amide bonds. The normalized spacial score (nSPS) is 11.0. The van der Waals surface area contributed by atoms with E-state index in [1.54, 1.807) is 0 Å². The Kier molecular flexibility index (Phi) is 6.49. The van der Waals surface area contributed by atoms with Crippen LogP contribution in [0.2, 0.25) is 5.02 Å². The van der Waals surface area contributed by atoms with Crippen LogP contribution in [0.1, 0.15) is 25.8 Å². The molecule has 1 aromatic rings. The van der Waals surface area contributed by atoms with Crippen LogP contribution in [0.5, 0.6) is 0 Å². The first-order valence-corrected chi connectivity index (χ1v) is 7.14. The van der Waals surface area contributed by atoms with Gasteiger partial charge >= 0.3 is 12.0 Å². The molecule has 0 atom stereocenters. The molecule has 0 spiro atoms. The second kappa shape index (κ2) is 7.88. The van der Waals surface area contributed by atoms with Crippen molar-refractivity contribution < 1.29 is 14.7 Å². The van der Waals surface area contributed by atoms with Crippen LogP contribution in [0.15, 0.2) is 24.3 Å². The highest BCUT2D eigenvalue weighted by molar-refractivity contribution is 6.30. The minimum absolute atomic E-state index is 0.0840. The van der Waals surface area contributed by atoms with E-state index in [9.17, 15) is 9.59 Å². The van der Waals surface area contributed by atoms with Gasteiger partial charge in [-0.3, -0.25) is 4.79 Å². The summed E-state index contributed by atoms with van der Waals surface area (Å²) in [6.45, 7) is 4.70. The van der Waals surface area contributed by atoms with Gasteiger partial charge in [0.15, 0.2) is 0 Å². The maximum absolute atomic E-state index is 11.5. The molecule has 0 unspecified atom stereocenters. The number of nitrogens with one attached hydrogen (secondary N) is 2. The molecule has 116 valence electrons. The summed E-state index contributed by atoms with van der Waals surface area (Å²) in [5, 5.41) is 14.4. The van der Waals surface area contributed by atoms with E-state index in [0.29, 0.717) is 11.6 Å². The first-order chi connectivity index (χ1) is 9.78. The van der Waals surface area contributed by atoms with E-state index in [1.165, 1.54) is 0 Å². The number of amides is 2. The van der Waals surface area contributed by atoms with Crippen molar-refractivity contribution in [2.24, 2.45) is 5.41 Å². The fraction of sp³-hybridized carbons (Fsp3) is 0.467. The highest BCUT2D eigenvalue weighted by Gasteiger charge is 2.19. The molecule has 0 heterocycles. The van der Waals surface area contributed by atoms with Crippen molar-refractivity contribution >= 4 is 23.6 Å². The highest BCUT2D eigenvalue weighted by Crippen LogP contribution is 2.22. The van der Waals surface area contributed by atoms with Crippen LogP contribution in [0, 0.1) is 5.41 Å². The summed E-state index contributed by atoms with van der Waals surface area (Å²) >= 11 is 5.96. The van der Waals surface area contributed by atoms with Crippen LogP contribution in [-0.2, 0) is 11.2 Å². The predicted octanol–water partition coefficient (Wildman–Crippen LogP) is 2.68. The number of urea groups is 1. The Morgan fingerprint density at radius 1 is 1.29 bits per heavy atom. The van der Waals surface area contributed by atoms with Crippen molar-refractivity contribution in [2.45, 2.75) is 26.7 Å². The van der Waals surface area contributed by atoms with Crippen LogP contribution in [0.4, 0.5) is 4.79 Å². The molecule has 0 fully saturated rings. The summed E-state index contributed by atoms with van der Waals surface area (Å²) in [4.78, 5) is 21.9. The molecule has 21 heavy (non-hydrogen) atoms. The average molecular weight is 313 g/mol. The van der Waals surface area contributed by atoms with Gasteiger partial charge in [0, 0.05) is 18.1 Å². The third kappa shape index (κ3) is 7.56. The van der Waals surface area contributed by atoms with Crippen molar-refractivity contribution in [3.05, 3.63) is 34.9 Å². The van der Waals surface area contributed by atoms with Gasteiger partial charge in [-0.1, -0.05) is 37.6 Å². The zero-order chi connectivity index (χ0) is 15.9. The van der Waals surface area contributed by atoms with Crippen LogP contribution >= 0.6 is 11.6 Å². The SMILES string of the molecule is CC(C)(CNC(=O)NCCC(=O)O)Cc1cccc(Cl)c1. The van der Waals surface area contributed by atoms with Crippen molar-refractivity contribution in [1.82, 2.24) is 10.6 Å². The van der Waals surface area contributed by atoms with Crippen molar-refractivity contribution in [3.8, 4) is 0 Å². The predicted molar refractivity (Wildman–Crippen MR) is 82.6 cm³/mol. The molecule has 6 heteroatoms. The molecule has 0 aliphatic heterocycles. The lowest BCUT2D eigenvalue weighted by molar-refractivity contribution is -0.136. The van der Waals surface area contributed by atoms with Gasteiger partial charge in [0.2, 0.25) is 0 Å². The molecular formula is C15H21ClN2O3. The number of halogens is 1. The van der Waals surface area contributed by atoms with Gasteiger partial charge in [-0.2, -0.15) is 0 Å². The summed E-state index contributed by atoms with van der Waals surface area (Å²) < 4.78 is 0. The molecule has 0 radical (unpaired) electrons. The number of aliphatic carboxylic acids is 1. The lowest BCUT2D eigenvalue weighted by atomic mass is 9.86. The molecule has 5 nitrogen and oxygen atoms in total. The van der Waals surface area contributed by atoms with E-state index < -0.39 is 5.97 Å². The van der Waals surface area contributed by atoms with Crippen LogP contribution < -0.4 is 10.6 Å². The molecule has 0 aliphatic rings. The molecule has 1 rings (SSSR count). The molecule has 0 bridgehead atoms. The van der Waals surface area contributed by atoms with E-state index in [-0.39, 0.29) is 24.4 Å². The molecule has 3 N–H and O–H groups in total. The van der Waals surface area contributed by atoms with E-state index in [4.69, 9.17) is 16.7 Å². The lowest BCUT2D eigenvalue weighted by Gasteiger charge is -2.25. The molecule has 0 saturated carbocycles. The topological polar surface area (TPSA) is 78.4 Å². The number of carboxylic acids is 1. The molecular weight excluding hydrogens is 292 g/mol. The second-order valence-electron chi connectivity index (χ2n) is 5.72. The zero-order valence-corrected chi connectivity index (χ0v) is 13.0. The largest absolute Gasteiger partial charge is 0.481 e. The van der Waals surface area contributed by atoms with Gasteiger partial charge in [-0.15, -0.1) is 0 Å². The number of hydrogen-bond donors (Lipinski definition) is 3. The Balaban J connectivity index is 2.38. The van der Waals surface area contributed by atoms with Gasteiger partial charge in [0.25, 0.3) is 0 Å². The van der Waals surface area contributed by atoms with Crippen LogP contribution in [0.25, 0.3) is 0 Å². The lowest BCUT2D eigenvalue weighted by Crippen LogP contribution is -2.42. The Hall–Kier alpha value is -1.75. The van der Waals surface area contributed by atoms with Crippen molar-refractivity contribution in [3.63, 3.8) is 0 Å². The summed E-state index contributed by atoms with van der Waals surface area (Å²) in [7, 11) is 0. The van der Waals surface area contributed by atoms with Crippen molar-refractivity contribution in [1.29, 1.82) is 0 Å². The number of hydrogen-bond acceptors (Lipinski definition) is 2. The Morgan fingerprint density at radius 2 is 2.00 bits per heavy atom. The first-order valence-electron chi connectivity index (χ1n) is 6.76. The van der Waals surface area contributed by atoms with Gasteiger partial charge in [0.1, 0.15) is 0 Å². The number of benzene rings is 1. The first kappa shape index (κ1) is 17.3. The number of carbonyl (C=O) groups excluding carboxylic acids is 1. The van der Waals surface area contributed by atoms with E-state index in [0.717, 1.165) is 12.0 Å². The quantitative estimate of drug-likeness (QED) is 0.724. The summed E-state index contributed by atoms with van der Waals surface area (Å²) in [6, 6.07) is 7.29. The van der Waals surface area contributed by atoms with Gasteiger partial charge < -0.3 is 15.7 Å². The van der Waals surface area contributed by atoms with Gasteiger partial charge in [-0.05, 0) is 29.5 Å². The van der Waals surface area contributed by atoms with Crippen LogP contribution in [0.3, 0.4) is 0 Å². The zero-order valence-electron chi connectivity index (χ0n) is 12.3. The minimum Gasteiger partial charge on any atom is -0.481 e. The second-order valence-corrected chi connectivity index (χ2v) is 6.16. The number of carboxylic acid groups (broad SMARTS) is 1. The van der Waals surface area contributed by atoms with Gasteiger partial charge in [0.05, 0.1) is 6.42 Å². The van der Waals surface area contributed by atoms with E-state index in [2.05, 4.69) is 10.6 Å². The fourth-order valence-corrected chi connectivity index (χ4v) is 2.14. The number of rotatable bonds is 7. The standard InChI is InChI=1S/C15H21ClN2O3/c1-15(2,9-11-4-3-5-12(16)8-11)10-18-14(21)17-7-6-13(19)20/h3-5,8H,6-7,9-10H2,1-2H3,(H,19,20)(H2,17,18,21). The third-order valence-electron chi connectivity index (χ3n) is 2.92. The van der Waals surface area contributed by atoms with Crippen molar-refractivity contribution in [2.75, 3.05) is 13.1 Å². The Bertz CT molecular complexity index is 503.